The molecule has 0 bridgehead atoms. The fourth-order valence-corrected chi connectivity index (χ4v) is 3.88. The van der Waals surface area contributed by atoms with Crippen molar-refractivity contribution in [2.24, 2.45) is 5.92 Å². The van der Waals surface area contributed by atoms with Crippen LogP contribution in [0.5, 0.6) is 5.75 Å². The van der Waals surface area contributed by atoms with Crippen LogP contribution in [-0.4, -0.2) is 84.5 Å². The van der Waals surface area contributed by atoms with Gasteiger partial charge in [-0.1, -0.05) is 0 Å². The predicted octanol–water partition coefficient (Wildman–Crippen LogP) is -0.936. The van der Waals surface area contributed by atoms with Crippen LogP contribution in [0.3, 0.4) is 0 Å². The quantitative estimate of drug-likeness (QED) is 0.591. The van der Waals surface area contributed by atoms with Crippen molar-refractivity contribution in [1.29, 1.82) is 0 Å². The molecule has 0 unspecified atom stereocenters. The first-order valence-electron chi connectivity index (χ1n) is 8.58. The van der Waals surface area contributed by atoms with Crippen molar-refractivity contribution < 1.29 is 22.7 Å². The first-order valence-corrected chi connectivity index (χ1v) is 10.2. The Labute approximate surface area is 162 Å². The molecule has 1 saturated heterocycles. The second-order valence-corrected chi connectivity index (χ2v) is 8.80. The molecule has 1 aliphatic rings. The van der Waals surface area contributed by atoms with Crippen LogP contribution in [0, 0.1) is 5.92 Å². The van der Waals surface area contributed by atoms with Gasteiger partial charge in [-0.3, -0.25) is 4.79 Å². The minimum absolute atomic E-state index is 0.0790. The summed E-state index contributed by atoms with van der Waals surface area (Å²) < 4.78 is 37.6. The molecule has 28 heavy (non-hydrogen) atoms. The first kappa shape index (κ1) is 20.2. The molecule has 12 heteroatoms. The van der Waals surface area contributed by atoms with Gasteiger partial charge in [-0.25, -0.2) is 17.4 Å². The molecule has 0 spiro atoms. The van der Waals surface area contributed by atoms with E-state index in [4.69, 9.17) is 9.47 Å². The molecule has 2 atom stereocenters. The lowest BCUT2D eigenvalue weighted by atomic mass is 10.1. The van der Waals surface area contributed by atoms with Crippen LogP contribution in [0.4, 0.5) is 0 Å². The Kier molecular flexibility index (Phi) is 6.21. The molecule has 1 aromatic heterocycles. The van der Waals surface area contributed by atoms with E-state index in [-0.39, 0.29) is 43.4 Å². The zero-order valence-electron chi connectivity index (χ0n) is 15.6. The Bertz CT molecular complexity index is 885. The number of carbonyl (C=O) groups excluding carboxylic acids is 1. The zero-order valence-corrected chi connectivity index (χ0v) is 16.4. The van der Waals surface area contributed by atoms with Crippen LogP contribution < -0.4 is 10.1 Å². The van der Waals surface area contributed by atoms with Crippen LogP contribution >= 0.6 is 0 Å². The number of aromatic nitrogens is 4. The molecule has 1 aromatic carbocycles. The number of carbonyl (C=O) groups is 1. The third-order valence-corrected chi connectivity index (χ3v) is 6.31. The SMILES string of the molecule is CN(C)S(=O)(=O)C[C@@H]1COC[C@H]1NC(=O)COc1ccc(-n2cnnn2)cc1. The Morgan fingerprint density at radius 3 is 2.71 bits per heavy atom. The number of benzene rings is 1. The second-order valence-electron chi connectivity index (χ2n) is 6.57. The van der Waals surface area contributed by atoms with E-state index >= 15 is 0 Å². The number of rotatable bonds is 8. The maximum atomic E-state index is 12.2. The molecule has 1 amide bonds. The van der Waals surface area contributed by atoms with Gasteiger partial charge in [-0.2, -0.15) is 0 Å². The summed E-state index contributed by atoms with van der Waals surface area (Å²) in [5, 5.41) is 13.7. The summed E-state index contributed by atoms with van der Waals surface area (Å²) in [4.78, 5) is 12.2. The van der Waals surface area contributed by atoms with E-state index < -0.39 is 10.0 Å². The summed E-state index contributed by atoms with van der Waals surface area (Å²) in [6, 6.07) is 6.56. The van der Waals surface area contributed by atoms with Crippen LogP contribution in [0.1, 0.15) is 0 Å². The first-order chi connectivity index (χ1) is 13.3. The van der Waals surface area contributed by atoms with E-state index in [0.29, 0.717) is 5.75 Å². The molecule has 2 heterocycles. The third-order valence-electron chi connectivity index (χ3n) is 4.35. The highest BCUT2D eigenvalue weighted by Gasteiger charge is 2.34. The van der Waals surface area contributed by atoms with Gasteiger partial charge in [0.15, 0.2) is 6.61 Å². The normalized spacial score (nSPS) is 19.7. The molecule has 1 aliphatic heterocycles. The predicted molar refractivity (Wildman–Crippen MR) is 98.4 cm³/mol. The minimum Gasteiger partial charge on any atom is -0.484 e. The van der Waals surface area contributed by atoms with Crippen molar-refractivity contribution in [1.82, 2.24) is 29.8 Å². The summed E-state index contributed by atoms with van der Waals surface area (Å²) in [6.07, 6.45) is 1.47. The number of tetrazole rings is 1. The summed E-state index contributed by atoms with van der Waals surface area (Å²) in [5.74, 6) is -0.203. The van der Waals surface area contributed by atoms with E-state index in [1.54, 1.807) is 24.3 Å². The van der Waals surface area contributed by atoms with Gasteiger partial charge in [-0.05, 0) is 34.7 Å². The average Bonchev–Trinajstić information content (AvgIpc) is 3.33. The van der Waals surface area contributed by atoms with Gasteiger partial charge >= 0.3 is 0 Å². The van der Waals surface area contributed by atoms with Crippen molar-refractivity contribution in [3.63, 3.8) is 0 Å². The molecule has 11 nitrogen and oxygen atoms in total. The fraction of sp³-hybridized carbons (Fsp3) is 0.500. The number of ether oxygens (including phenoxy) is 2. The lowest BCUT2D eigenvalue weighted by Gasteiger charge is -2.21. The molecule has 0 aliphatic carbocycles. The summed E-state index contributed by atoms with van der Waals surface area (Å²) in [7, 11) is -0.407. The van der Waals surface area contributed by atoms with Gasteiger partial charge in [0.1, 0.15) is 12.1 Å². The van der Waals surface area contributed by atoms with Crippen molar-refractivity contribution in [2.75, 3.05) is 39.7 Å². The van der Waals surface area contributed by atoms with E-state index in [0.717, 1.165) is 5.69 Å². The monoisotopic (exact) mass is 410 g/mol. The number of nitrogens with one attached hydrogen (secondary N) is 1. The van der Waals surface area contributed by atoms with Crippen molar-refractivity contribution >= 4 is 15.9 Å². The van der Waals surface area contributed by atoms with E-state index in [9.17, 15) is 13.2 Å². The molecule has 1 fully saturated rings. The summed E-state index contributed by atoms with van der Waals surface area (Å²) >= 11 is 0. The van der Waals surface area contributed by atoms with Gasteiger partial charge in [0.25, 0.3) is 5.91 Å². The van der Waals surface area contributed by atoms with E-state index in [1.807, 2.05) is 0 Å². The molecular weight excluding hydrogens is 388 g/mol. The van der Waals surface area contributed by atoms with Crippen molar-refractivity contribution in [3.05, 3.63) is 30.6 Å². The average molecular weight is 410 g/mol. The van der Waals surface area contributed by atoms with Gasteiger partial charge in [0.2, 0.25) is 10.0 Å². The molecule has 152 valence electrons. The van der Waals surface area contributed by atoms with Gasteiger partial charge in [-0.15, -0.1) is 5.10 Å². The summed E-state index contributed by atoms with van der Waals surface area (Å²) in [6.45, 7) is 0.380. The van der Waals surface area contributed by atoms with Gasteiger partial charge < -0.3 is 14.8 Å². The lowest BCUT2D eigenvalue weighted by molar-refractivity contribution is -0.124. The van der Waals surface area contributed by atoms with Crippen molar-refractivity contribution in [3.8, 4) is 11.4 Å². The number of hydrogen-bond donors (Lipinski definition) is 1. The smallest absolute Gasteiger partial charge is 0.258 e. The highest BCUT2D eigenvalue weighted by atomic mass is 32.2. The highest BCUT2D eigenvalue weighted by molar-refractivity contribution is 7.89. The molecular formula is C16H22N6O5S. The van der Waals surface area contributed by atoms with Crippen LogP contribution in [-0.2, 0) is 19.6 Å². The zero-order chi connectivity index (χ0) is 20.1. The van der Waals surface area contributed by atoms with Crippen LogP contribution in [0.2, 0.25) is 0 Å². The molecule has 1 N–H and O–H groups in total. The third kappa shape index (κ3) is 5.03. The minimum atomic E-state index is -3.37. The largest absolute Gasteiger partial charge is 0.484 e. The summed E-state index contributed by atoms with van der Waals surface area (Å²) in [5.41, 5.74) is 0.759. The van der Waals surface area contributed by atoms with Crippen molar-refractivity contribution in [2.45, 2.75) is 6.04 Å². The highest BCUT2D eigenvalue weighted by Crippen LogP contribution is 2.18. The molecule has 0 saturated carbocycles. The lowest BCUT2D eigenvalue weighted by Crippen LogP contribution is -2.45. The van der Waals surface area contributed by atoms with E-state index in [2.05, 4.69) is 20.8 Å². The standard InChI is InChI=1S/C16H22N6O5S/c1-21(2)28(24,25)10-12-7-26-8-15(12)18-16(23)9-27-14-5-3-13(4-6-14)22-11-17-19-20-22/h3-6,11-12,15H,7-10H2,1-2H3,(H,18,23)/t12-,15+/m0/s1. The maximum absolute atomic E-state index is 12.2. The van der Waals surface area contributed by atoms with E-state index in [1.165, 1.54) is 29.4 Å². The van der Waals surface area contributed by atoms with Gasteiger partial charge in [0.05, 0.1) is 30.7 Å². The Morgan fingerprint density at radius 2 is 2.07 bits per heavy atom. The van der Waals surface area contributed by atoms with Crippen LogP contribution in [0.15, 0.2) is 30.6 Å². The van der Waals surface area contributed by atoms with Gasteiger partial charge in [0, 0.05) is 20.0 Å². The molecule has 3 rings (SSSR count). The van der Waals surface area contributed by atoms with Crippen LogP contribution in [0.25, 0.3) is 5.69 Å². The Morgan fingerprint density at radius 1 is 1.32 bits per heavy atom. The maximum Gasteiger partial charge on any atom is 0.258 e. The second kappa shape index (κ2) is 8.63. The fourth-order valence-electron chi connectivity index (χ4n) is 2.71. The molecule has 0 radical (unpaired) electrons. The topological polar surface area (TPSA) is 129 Å². The molecule has 2 aromatic rings. The Hall–Kier alpha value is -2.57. The number of amides is 1. The number of hydrogen-bond acceptors (Lipinski definition) is 8. The Balaban J connectivity index is 1.50. The number of sulfonamides is 1. The number of nitrogens with zero attached hydrogens (tertiary/aromatic N) is 5.